The second-order valence-corrected chi connectivity index (χ2v) is 5.29. The molecule has 2 heteroatoms. The van der Waals surface area contributed by atoms with E-state index in [0.29, 0.717) is 6.04 Å². The van der Waals surface area contributed by atoms with Crippen molar-refractivity contribution in [3.63, 3.8) is 0 Å². The molecule has 0 aliphatic heterocycles. The summed E-state index contributed by atoms with van der Waals surface area (Å²) in [6.07, 6.45) is 1.05. The predicted molar refractivity (Wildman–Crippen MR) is 74.2 cm³/mol. The van der Waals surface area contributed by atoms with Gasteiger partial charge in [0.25, 0.3) is 0 Å². The largest absolute Gasteiger partial charge is 0.316 e. The van der Waals surface area contributed by atoms with Gasteiger partial charge in [-0.25, -0.2) is 0 Å². The minimum absolute atomic E-state index is 0.516. The summed E-state index contributed by atoms with van der Waals surface area (Å²) in [7, 11) is 2.02. The molecule has 0 spiro atoms. The molecule has 1 nitrogen and oxygen atoms in total. The first-order valence-corrected chi connectivity index (χ1v) is 6.62. The van der Waals surface area contributed by atoms with Gasteiger partial charge in [-0.05, 0) is 38.9 Å². The van der Waals surface area contributed by atoms with Crippen LogP contribution in [0.3, 0.4) is 0 Å². The van der Waals surface area contributed by atoms with E-state index in [-0.39, 0.29) is 0 Å². The number of thioether (sulfide) groups is 1. The Morgan fingerprint density at radius 1 is 1.44 bits per heavy atom. The molecular weight excluding hydrogens is 214 g/mol. The normalized spacial score (nSPS) is 12.4. The molecule has 1 rings (SSSR count). The van der Waals surface area contributed by atoms with Crippen molar-refractivity contribution >= 4 is 11.8 Å². The zero-order valence-electron chi connectivity index (χ0n) is 10.4. The number of hydrogen-bond donors (Lipinski definition) is 1. The summed E-state index contributed by atoms with van der Waals surface area (Å²) in [5.74, 6) is 1.09. The van der Waals surface area contributed by atoms with E-state index in [4.69, 9.17) is 0 Å². The summed E-state index contributed by atoms with van der Waals surface area (Å²) in [5.41, 5.74) is 2.60. The third-order valence-corrected chi connectivity index (χ3v) is 3.87. The smallest absolute Gasteiger partial charge is 0.0195 e. The van der Waals surface area contributed by atoms with E-state index in [0.717, 1.165) is 12.2 Å². The number of nitrogens with one attached hydrogen (secondary N) is 1. The van der Waals surface area contributed by atoms with Gasteiger partial charge in [-0.15, -0.1) is 18.3 Å². The van der Waals surface area contributed by atoms with Crippen LogP contribution in [0.25, 0.3) is 0 Å². The van der Waals surface area contributed by atoms with Gasteiger partial charge < -0.3 is 5.32 Å². The van der Waals surface area contributed by atoms with Gasteiger partial charge in [0, 0.05) is 16.7 Å². The Kier molecular flexibility index (Phi) is 5.64. The van der Waals surface area contributed by atoms with Crippen LogP contribution in [0.1, 0.15) is 18.9 Å². The fourth-order valence-corrected chi connectivity index (χ4v) is 2.71. The second-order valence-electron chi connectivity index (χ2n) is 4.22. The highest BCUT2D eigenvalue weighted by molar-refractivity contribution is 7.99. The van der Waals surface area contributed by atoms with E-state index in [1.54, 1.807) is 0 Å². The van der Waals surface area contributed by atoms with Crippen molar-refractivity contribution in [3.05, 3.63) is 42.0 Å². The summed E-state index contributed by atoms with van der Waals surface area (Å²) in [4.78, 5) is 1.38. The third kappa shape index (κ3) is 4.42. The minimum Gasteiger partial charge on any atom is -0.316 e. The lowest BCUT2D eigenvalue weighted by Gasteiger charge is -2.16. The number of rotatable bonds is 6. The average Bonchev–Trinajstić information content (AvgIpc) is 2.25. The molecule has 88 valence electrons. The van der Waals surface area contributed by atoms with E-state index in [1.807, 2.05) is 18.8 Å². The van der Waals surface area contributed by atoms with Gasteiger partial charge in [-0.1, -0.05) is 23.8 Å². The zero-order chi connectivity index (χ0) is 12.0. The van der Waals surface area contributed by atoms with Gasteiger partial charge in [-0.3, -0.25) is 0 Å². The van der Waals surface area contributed by atoms with Crippen molar-refractivity contribution in [2.75, 3.05) is 12.8 Å². The molecule has 0 saturated heterocycles. The maximum Gasteiger partial charge on any atom is 0.0195 e. The molecule has 1 atom stereocenters. The van der Waals surface area contributed by atoms with Gasteiger partial charge in [0.2, 0.25) is 0 Å². The van der Waals surface area contributed by atoms with Crippen LogP contribution in [0.4, 0.5) is 0 Å². The summed E-state index contributed by atoms with van der Waals surface area (Å²) < 4.78 is 0. The topological polar surface area (TPSA) is 12.0 Å². The molecule has 0 amide bonds. The van der Waals surface area contributed by atoms with Crippen molar-refractivity contribution < 1.29 is 0 Å². The van der Waals surface area contributed by atoms with Crippen molar-refractivity contribution in [2.45, 2.75) is 31.2 Å². The third-order valence-electron chi connectivity index (χ3n) is 2.54. The fourth-order valence-electron chi connectivity index (χ4n) is 1.57. The SMILES string of the molecule is C=C(C)CC(CSc1ccccc1C)NC. The predicted octanol–water partition coefficient (Wildman–Crippen LogP) is 3.64. The van der Waals surface area contributed by atoms with Gasteiger partial charge in [-0.2, -0.15) is 0 Å². The Hall–Kier alpha value is -0.730. The molecule has 0 aromatic heterocycles. The first kappa shape index (κ1) is 13.3. The van der Waals surface area contributed by atoms with Gasteiger partial charge in [0.1, 0.15) is 0 Å². The van der Waals surface area contributed by atoms with Crippen LogP contribution in [-0.2, 0) is 0 Å². The lowest BCUT2D eigenvalue weighted by Crippen LogP contribution is -2.27. The first-order valence-electron chi connectivity index (χ1n) is 5.63. The highest BCUT2D eigenvalue weighted by Gasteiger charge is 2.07. The lowest BCUT2D eigenvalue weighted by molar-refractivity contribution is 0.615. The van der Waals surface area contributed by atoms with Gasteiger partial charge in [0.05, 0.1) is 0 Å². The Labute approximate surface area is 103 Å². The van der Waals surface area contributed by atoms with Crippen LogP contribution in [-0.4, -0.2) is 18.8 Å². The minimum atomic E-state index is 0.516. The van der Waals surface area contributed by atoms with Crippen LogP contribution < -0.4 is 5.32 Å². The van der Waals surface area contributed by atoms with E-state index >= 15 is 0 Å². The molecule has 0 aliphatic carbocycles. The summed E-state index contributed by atoms with van der Waals surface area (Å²) in [6.45, 7) is 8.21. The molecule has 1 aromatic rings. The molecule has 1 N–H and O–H groups in total. The molecule has 1 unspecified atom stereocenters. The quantitative estimate of drug-likeness (QED) is 0.597. The van der Waals surface area contributed by atoms with E-state index in [2.05, 4.69) is 50.0 Å². The van der Waals surface area contributed by atoms with Gasteiger partial charge >= 0.3 is 0 Å². The van der Waals surface area contributed by atoms with Crippen LogP contribution in [0, 0.1) is 6.92 Å². The molecule has 16 heavy (non-hydrogen) atoms. The maximum absolute atomic E-state index is 3.97. The van der Waals surface area contributed by atoms with Crippen molar-refractivity contribution in [1.82, 2.24) is 5.32 Å². The molecule has 0 heterocycles. The maximum atomic E-state index is 3.97. The van der Waals surface area contributed by atoms with Crippen molar-refractivity contribution in [3.8, 4) is 0 Å². The molecular formula is C14H21NS. The van der Waals surface area contributed by atoms with Crippen molar-refractivity contribution in [1.29, 1.82) is 0 Å². The van der Waals surface area contributed by atoms with Crippen LogP contribution in [0.5, 0.6) is 0 Å². The number of hydrogen-bond acceptors (Lipinski definition) is 2. The van der Waals surface area contributed by atoms with Crippen LogP contribution >= 0.6 is 11.8 Å². The molecule has 0 fully saturated rings. The summed E-state index contributed by atoms with van der Waals surface area (Å²) >= 11 is 1.92. The van der Waals surface area contributed by atoms with E-state index in [9.17, 15) is 0 Å². The highest BCUT2D eigenvalue weighted by atomic mass is 32.2. The fraction of sp³-hybridized carbons (Fsp3) is 0.429. The zero-order valence-corrected chi connectivity index (χ0v) is 11.2. The standard InChI is InChI=1S/C14H21NS/c1-11(2)9-13(15-4)10-16-14-8-6-5-7-12(14)3/h5-8,13,15H,1,9-10H2,2-4H3. The van der Waals surface area contributed by atoms with Crippen LogP contribution in [0.15, 0.2) is 41.3 Å². The molecule has 0 aliphatic rings. The molecule has 1 aromatic carbocycles. The number of benzene rings is 1. The Balaban J connectivity index is 2.49. The van der Waals surface area contributed by atoms with E-state index in [1.165, 1.54) is 16.0 Å². The van der Waals surface area contributed by atoms with Crippen LogP contribution in [0.2, 0.25) is 0 Å². The monoisotopic (exact) mass is 235 g/mol. The second kappa shape index (κ2) is 6.77. The molecule has 0 radical (unpaired) electrons. The number of aryl methyl sites for hydroxylation is 1. The molecule has 0 bridgehead atoms. The van der Waals surface area contributed by atoms with Crippen molar-refractivity contribution in [2.24, 2.45) is 0 Å². The lowest BCUT2D eigenvalue weighted by atomic mass is 10.1. The molecule has 0 saturated carbocycles. The first-order chi connectivity index (χ1) is 7.63. The Morgan fingerprint density at radius 3 is 2.69 bits per heavy atom. The van der Waals surface area contributed by atoms with Gasteiger partial charge in [0.15, 0.2) is 0 Å². The Morgan fingerprint density at radius 2 is 2.12 bits per heavy atom. The summed E-state index contributed by atoms with van der Waals surface area (Å²) in [6, 6.07) is 9.05. The van der Waals surface area contributed by atoms with E-state index < -0.39 is 0 Å². The Bertz CT molecular complexity index is 346. The highest BCUT2D eigenvalue weighted by Crippen LogP contribution is 2.23. The average molecular weight is 235 g/mol. The summed E-state index contributed by atoms with van der Waals surface area (Å²) in [5, 5.41) is 3.34.